The third kappa shape index (κ3) is 5.35. The molecule has 0 aromatic heterocycles. The summed E-state index contributed by atoms with van der Waals surface area (Å²) in [5.74, 6) is 6.02. The van der Waals surface area contributed by atoms with Crippen LogP contribution >= 0.6 is 15.9 Å². The summed E-state index contributed by atoms with van der Waals surface area (Å²) in [4.78, 5) is 0. The van der Waals surface area contributed by atoms with Crippen molar-refractivity contribution in [1.82, 2.24) is 0 Å². The molecule has 0 aliphatic rings. The molecule has 0 atom stereocenters. The van der Waals surface area contributed by atoms with Gasteiger partial charge in [-0.15, -0.1) is 0 Å². The van der Waals surface area contributed by atoms with Crippen LogP contribution in [0.2, 0.25) is 0 Å². The van der Waals surface area contributed by atoms with E-state index >= 15 is 0 Å². The smallest absolute Gasteiger partial charge is 0.0733 e. The molecule has 21 heavy (non-hydrogen) atoms. The molecule has 0 saturated heterocycles. The maximum Gasteiger partial charge on any atom is 0.0733 e. The van der Waals surface area contributed by atoms with E-state index in [-0.39, 0.29) is 6.61 Å². The number of hydrogen-bond acceptors (Lipinski definition) is 2. The fraction of sp³-hybridized carbons (Fsp3) is 0.222. The summed E-state index contributed by atoms with van der Waals surface area (Å²) in [5.41, 5.74) is 3.17. The van der Waals surface area contributed by atoms with E-state index in [1.807, 2.05) is 48.5 Å². The van der Waals surface area contributed by atoms with Crippen molar-refractivity contribution in [1.29, 1.82) is 0 Å². The van der Waals surface area contributed by atoms with Crippen molar-refractivity contribution < 1.29 is 9.84 Å². The van der Waals surface area contributed by atoms with Crippen molar-refractivity contribution in [2.75, 3.05) is 6.61 Å². The van der Waals surface area contributed by atoms with Gasteiger partial charge < -0.3 is 9.84 Å². The third-order valence-corrected chi connectivity index (χ3v) is 3.45. The molecule has 0 amide bonds. The first-order valence-corrected chi connectivity index (χ1v) is 7.58. The highest BCUT2D eigenvalue weighted by Gasteiger charge is 2.00. The number of hydrogen-bond donors (Lipinski definition) is 1. The molecular weight excluding hydrogens is 328 g/mol. The average molecular weight is 345 g/mol. The number of aliphatic hydroxyl groups is 1. The first-order valence-electron chi connectivity index (χ1n) is 6.79. The van der Waals surface area contributed by atoms with Crippen LogP contribution in [-0.2, 0) is 18.0 Å². The first-order chi connectivity index (χ1) is 10.3. The van der Waals surface area contributed by atoms with Gasteiger partial charge >= 0.3 is 0 Å². The van der Waals surface area contributed by atoms with Crippen LogP contribution in [-0.4, -0.2) is 11.7 Å². The molecule has 2 rings (SSSR count). The SMILES string of the molecule is OCCC#Cc1ccccc1COCc1ccc(Br)cc1. The lowest BCUT2D eigenvalue weighted by Crippen LogP contribution is -1.96. The highest BCUT2D eigenvalue weighted by Crippen LogP contribution is 2.13. The monoisotopic (exact) mass is 344 g/mol. The highest BCUT2D eigenvalue weighted by molar-refractivity contribution is 9.10. The second-order valence-corrected chi connectivity index (χ2v) is 5.47. The summed E-state index contributed by atoms with van der Waals surface area (Å²) >= 11 is 3.42. The predicted octanol–water partition coefficient (Wildman–Crippen LogP) is 3.90. The summed E-state index contributed by atoms with van der Waals surface area (Å²) in [6.07, 6.45) is 0.494. The Morgan fingerprint density at radius 3 is 2.52 bits per heavy atom. The van der Waals surface area contributed by atoms with Gasteiger partial charge in [0, 0.05) is 16.5 Å². The van der Waals surface area contributed by atoms with Crippen molar-refractivity contribution in [2.24, 2.45) is 0 Å². The number of rotatable bonds is 5. The van der Waals surface area contributed by atoms with E-state index in [1.54, 1.807) is 0 Å². The summed E-state index contributed by atoms with van der Waals surface area (Å²) in [5, 5.41) is 8.77. The topological polar surface area (TPSA) is 29.5 Å². The van der Waals surface area contributed by atoms with Crippen LogP contribution in [0, 0.1) is 11.8 Å². The van der Waals surface area contributed by atoms with Crippen LogP contribution in [0.1, 0.15) is 23.1 Å². The number of halogens is 1. The van der Waals surface area contributed by atoms with Gasteiger partial charge in [-0.3, -0.25) is 0 Å². The van der Waals surface area contributed by atoms with E-state index in [4.69, 9.17) is 9.84 Å². The second kappa shape index (κ2) is 8.63. The summed E-state index contributed by atoms with van der Waals surface area (Å²) in [6, 6.07) is 16.0. The molecule has 2 aromatic carbocycles. The molecule has 0 heterocycles. The Morgan fingerprint density at radius 2 is 1.76 bits per heavy atom. The zero-order valence-electron chi connectivity index (χ0n) is 11.7. The molecule has 1 N–H and O–H groups in total. The Morgan fingerprint density at radius 1 is 1.00 bits per heavy atom. The molecule has 0 aliphatic carbocycles. The fourth-order valence-electron chi connectivity index (χ4n) is 1.84. The third-order valence-electron chi connectivity index (χ3n) is 2.92. The Hall–Kier alpha value is -1.60. The Balaban J connectivity index is 1.94. The molecule has 108 valence electrons. The van der Waals surface area contributed by atoms with Gasteiger partial charge in [-0.25, -0.2) is 0 Å². The Bertz CT molecular complexity index is 624. The maximum absolute atomic E-state index is 8.77. The van der Waals surface area contributed by atoms with Crippen molar-refractivity contribution in [3.63, 3.8) is 0 Å². The van der Waals surface area contributed by atoms with Crippen molar-refractivity contribution in [3.05, 3.63) is 69.7 Å². The largest absolute Gasteiger partial charge is 0.395 e. The van der Waals surface area contributed by atoms with Crippen LogP contribution in [0.5, 0.6) is 0 Å². The minimum atomic E-state index is 0.0925. The molecule has 0 radical (unpaired) electrons. The van der Waals surface area contributed by atoms with E-state index in [0.717, 1.165) is 21.2 Å². The van der Waals surface area contributed by atoms with Gasteiger partial charge in [-0.05, 0) is 29.3 Å². The zero-order valence-corrected chi connectivity index (χ0v) is 13.3. The number of aliphatic hydroxyl groups excluding tert-OH is 1. The summed E-state index contributed by atoms with van der Waals surface area (Å²) in [6.45, 7) is 1.20. The van der Waals surface area contributed by atoms with Crippen LogP contribution < -0.4 is 0 Å². The van der Waals surface area contributed by atoms with E-state index in [0.29, 0.717) is 19.6 Å². The number of benzene rings is 2. The first kappa shape index (κ1) is 15.8. The molecule has 0 bridgehead atoms. The minimum absolute atomic E-state index is 0.0925. The van der Waals surface area contributed by atoms with Crippen molar-refractivity contribution >= 4 is 15.9 Å². The van der Waals surface area contributed by atoms with E-state index in [2.05, 4.69) is 27.8 Å². The van der Waals surface area contributed by atoms with Gasteiger partial charge in [-0.1, -0.05) is 58.1 Å². The average Bonchev–Trinajstić information content (AvgIpc) is 2.51. The molecule has 0 aliphatic heterocycles. The molecule has 2 aromatic rings. The quantitative estimate of drug-likeness (QED) is 0.833. The van der Waals surface area contributed by atoms with Gasteiger partial charge in [0.2, 0.25) is 0 Å². The zero-order chi connectivity index (χ0) is 14.9. The van der Waals surface area contributed by atoms with Gasteiger partial charge in [0.05, 0.1) is 19.8 Å². The molecule has 0 fully saturated rings. The standard InChI is InChI=1S/C18H17BrO2/c19-18-10-8-15(9-11-18)13-21-14-17-7-2-1-5-16(17)6-3-4-12-20/h1-2,5,7-11,20H,4,12-14H2. The lowest BCUT2D eigenvalue weighted by molar-refractivity contribution is 0.107. The lowest BCUT2D eigenvalue weighted by atomic mass is 10.1. The molecule has 3 heteroatoms. The molecule has 2 nitrogen and oxygen atoms in total. The van der Waals surface area contributed by atoms with Crippen LogP contribution in [0.25, 0.3) is 0 Å². The van der Waals surface area contributed by atoms with Crippen LogP contribution in [0.15, 0.2) is 53.0 Å². The lowest BCUT2D eigenvalue weighted by Gasteiger charge is -2.07. The second-order valence-electron chi connectivity index (χ2n) is 4.55. The minimum Gasteiger partial charge on any atom is -0.395 e. The summed E-state index contributed by atoms with van der Waals surface area (Å²) < 4.78 is 6.83. The molecule has 0 saturated carbocycles. The van der Waals surface area contributed by atoms with E-state index < -0.39 is 0 Å². The molecule has 0 spiro atoms. The number of ether oxygens (including phenoxy) is 1. The van der Waals surface area contributed by atoms with Crippen molar-refractivity contribution in [3.8, 4) is 11.8 Å². The normalized spacial score (nSPS) is 10.0. The Kier molecular flexibility index (Phi) is 6.49. The van der Waals surface area contributed by atoms with Crippen LogP contribution in [0.3, 0.4) is 0 Å². The van der Waals surface area contributed by atoms with Gasteiger partial charge in [0.1, 0.15) is 0 Å². The van der Waals surface area contributed by atoms with E-state index in [1.165, 1.54) is 0 Å². The van der Waals surface area contributed by atoms with Crippen molar-refractivity contribution in [2.45, 2.75) is 19.6 Å². The Labute approximate surface area is 133 Å². The fourth-order valence-corrected chi connectivity index (χ4v) is 2.11. The molecular formula is C18H17BrO2. The van der Waals surface area contributed by atoms with Gasteiger partial charge in [0.15, 0.2) is 0 Å². The van der Waals surface area contributed by atoms with E-state index in [9.17, 15) is 0 Å². The van der Waals surface area contributed by atoms with Crippen LogP contribution in [0.4, 0.5) is 0 Å². The predicted molar refractivity (Wildman–Crippen MR) is 87.7 cm³/mol. The highest BCUT2D eigenvalue weighted by atomic mass is 79.9. The van der Waals surface area contributed by atoms with Gasteiger partial charge in [0.25, 0.3) is 0 Å². The van der Waals surface area contributed by atoms with Gasteiger partial charge in [-0.2, -0.15) is 0 Å². The molecule has 0 unspecified atom stereocenters. The maximum atomic E-state index is 8.77. The summed E-state index contributed by atoms with van der Waals surface area (Å²) in [7, 11) is 0.